The van der Waals surface area contributed by atoms with E-state index in [1.54, 1.807) is 0 Å². The monoisotopic (exact) mass is 362 g/mol. The second-order valence-electron chi connectivity index (χ2n) is 7.86. The highest BCUT2D eigenvalue weighted by molar-refractivity contribution is 5.76. The fraction of sp³-hybridized carbons (Fsp3) is 0.800. The third-order valence-electron chi connectivity index (χ3n) is 6.06. The Balaban J connectivity index is 1.38. The Kier molecular flexibility index (Phi) is 6.70. The van der Waals surface area contributed by atoms with Crippen LogP contribution in [0.5, 0.6) is 0 Å². The van der Waals surface area contributed by atoms with Crippen LogP contribution in [0.2, 0.25) is 0 Å². The Hall–Kier alpha value is -1.40. The number of nitrogens with zero attached hydrogens (tertiary/aromatic N) is 4. The first kappa shape index (κ1) is 19.4. The molecule has 2 aliphatic heterocycles. The predicted molar refractivity (Wildman–Crippen MR) is 102 cm³/mol. The van der Waals surface area contributed by atoms with Crippen molar-refractivity contribution < 1.29 is 9.53 Å². The minimum atomic E-state index is 0.309. The summed E-state index contributed by atoms with van der Waals surface area (Å²) in [7, 11) is 0. The van der Waals surface area contributed by atoms with Crippen LogP contribution < -0.4 is 0 Å². The van der Waals surface area contributed by atoms with E-state index in [1.807, 2.05) is 11.6 Å². The highest BCUT2D eigenvalue weighted by atomic mass is 16.5. The molecular formula is C20H34N4O2. The van der Waals surface area contributed by atoms with E-state index in [1.165, 1.54) is 5.69 Å². The molecule has 3 rings (SSSR count). The van der Waals surface area contributed by atoms with Crippen molar-refractivity contribution in [3.8, 4) is 0 Å². The van der Waals surface area contributed by atoms with Crippen LogP contribution in [0.4, 0.5) is 0 Å². The van der Waals surface area contributed by atoms with Crippen molar-refractivity contribution >= 4 is 5.91 Å². The van der Waals surface area contributed by atoms with Crippen molar-refractivity contribution in [2.24, 2.45) is 5.92 Å². The molecule has 2 fully saturated rings. The molecule has 0 aromatic carbocycles. The van der Waals surface area contributed by atoms with Gasteiger partial charge in [-0.05, 0) is 52.0 Å². The molecular weight excluding hydrogens is 328 g/mol. The summed E-state index contributed by atoms with van der Waals surface area (Å²) >= 11 is 0. The Labute approximate surface area is 157 Å². The minimum absolute atomic E-state index is 0.309. The van der Waals surface area contributed by atoms with Crippen LogP contribution >= 0.6 is 0 Å². The van der Waals surface area contributed by atoms with E-state index >= 15 is 0 Å². The fourth-order valence-electron chi connectivity index (χ4n) is 4.35. The van der Waals surface area contributed by atoms with Gasteiger partial charge in [-0.2, -0.15) is 5.10 Å². The molecule has 0 bridgehead atoms. The van der Waals surface area contributed by atoms with Crippen LogP contribution in [-0.4, -0.2) is 70.9 Å². The van der Waals surface area contributed by atoms with Crippen LogP contribution in [0.15, 0.2) is 6.07 Å². The number of likely N-dealkylation sites (tertiary alicyclic amines) is 1. The Morgan fingerprint density at radius 2 is 1.92 bits per heavy atom. The standard InChI is InChI=1S/C20H34N4O2/c1-16-15-17(2)24(21-16)8-4-5-20(25)23-9-6-19(7-10-23)18(3)22-11-13-26-14-12-22/h15,18-19H,4-14H2,1-3H3. The normalized spacial score (nSPS) is 21.1. The molecule has 1 amide bonds. The number of hydrogen-bond donors (Lipinski definition) is 0. The van der Waals surface area contributed by atoms with E-state index in [-0.39, 0.29) is 0 Å². The number of aryl methyl sites for hydroxylation is 3. The van der Waals surface area contributed by atoms with Gasteiger partial charge in [0.1, 0.15) is 0 Å². The maximum Gasteiger partial charge on any atom is 0.222 e. The molecule has 6 nitrogen and oxygen atoms in total. The largest absolute Gasteiger partial charge is 0.379 e. The molecule has 3 heterocycles. The first-order chi connectivity index (χ1) is 12.5. The highest BCUT2D eigenvalue weighted by Gasteiger charge is 2.29. The van der Waals surface area contributed by atoms with E-state index in [0.29, 0.717) is 24.3 Å². The van der Waals surface area contributed by atoms with Crippen LogP contribution in [0.25, 0.3) is 0 Å². The summed E-state index contributed by atoms with van der Waals surface area (Å²) in [6, 6.07) is 2.68. The molecule has 0 N–H and O–H groups in total. The highest BCUT2D eigenvalue weighted by Crippen LogP contribution is 2.25. The quantitative estimate of drug-likeness (QED) is 0.779. The molecule has 1 aromatic heterocycles. The molecule has 0 saturated carbocycles. The van der Waals surface area contributed by atoms with E-state index in [0.717, 1.165) is 70.9 Å². The first-order valence-corrected chi connectivity index (χ1v) is 10.1. The van der Waals surface area contributed by atoms with Crippen molar-refractivity contribution in [3.05, 3.63) is 17.5 Å². The number of aromatic nitrogens is 2. The van der Waals surface area contributed by atoms with Crippen molar-refractivity contribution in [3.63, 3.8) is 0 Å². The van der Waals surface area contributed by atoms with Gasteiger partial charge in [-0.15, -0.1) is 0 Å². The summed E-state index contributed by atoms with van der Waals surface area (Å²) in [5.41, 5.74) is 2.22. The van der Waals surface area contributed by atoms with Gasteiger partial charge < -0.3 is 9.64 Å². The van der Waals surface area contributed by atoms with E-state index in [2.05, 4.69) is 34.8 Å². The number of ether oxygens (including phenoxy) is 1. The van der Waals surface area contributed by atoms with Crippen LogP contribution in [0.1, 0.15) is 44.0 Å². The lowest BCUT2D eigenvalue weighted by Crippen LogP contribution is -2.49. The van der Waals surface area contributed by atoms with Gasteiger partial charge in [-0.1, -0.05) is 0 Å². The second kappa shape index (κ2) is 9.00. The average molecular weight is 363 g/mol. The molecule has 0 radical (unpaired) electrons. The number of carbonyl (C=O) groups excluding carboxylic acids is 1. The topological polar surface area (TPSA) is 50.6 Å². The zero-order valence-corrected chi connectivity index (χ0v) is 16.6. The van der Waals surface area contributed by atoms with Gasteiger partial charge in [0, 0.05) is 50.9 Å². The number of amides is 1. The summed E-state index contributed by atoms with van der Waals surface area (Å²) in [5, 5.41) is 4.47. The molecule has 146 valence electrons. The zero-order valence-electron chi connectivity index (χ0n) is 16.6. The van der Waals surface area contributed by atoms with Gasteiger partial charge in [0.25, 0.3) is 0 Å². The summed E-state index contributed by atoms with van der Waals surface area (Å²) in [4.78, 5) is 17.2. The molecule has 2 aliphatic rings. The van der Waals surface area contributed by atoms with Gasteiger partial charge in [0.05, 0.1) is 18.9 Å². The molecule has 0 aliphatic carbocycles. The number of morpholine rings is 1. The summed E-state index contributed by atoms with van der Waals surface area (Å²) in [6.07, 6.45) is 3.75. The van der Waals surface area contributed by atoms with E-state index in [9.17, 15) is 4.79 Å². The van der Waals surface area contributed by atoms with Gasteiger partial charge >= 0.3 is 0 Å². The summed E-state index contributed by atoms with van der Waals surface area (Å²) in [6.45, 7) is 12.9. The number of rotatable bonds is 6. The van der Waals surface area contributed by atoms with Crippen molar-refractivity contribution in [1.29, 1.82) is 0 Å². The third-order valence-corrected chi connectivity index (χ3v) is 6.06. The van der Waals surface area contributed by atoms with Crippen molar-refractivity contribution in [2.75, 3.05) is 39.4 Å². The summed E-state index contributed by atoms with van der Waals surface area (Å²) < 4.78 is 7.48. The van der Waals surface area contributed by atoms with Gasteiger partial charge in [0.15, 0.2) is 0 Å². The van der Waals surface area contributed by atoms with Gasteiger partial charge in [0.2, 0.25) is 5.91 Å². The van der Waals surface area contributed by atoms with Crippen molar-refractivity contribution in [1.82, 2.24) is 19.6 Å². The third kappa shape index (κ3) is 4.86. The van der Waals surface area contributed by atoms with Crippen LogP contribution in [-0.2, 0) is 16.1 Å². The fourth-order valence-corrected chi connectivity index (χ4v) is 4.35. The lowest BCUT2D eigenvalue weighted by Gasteiger charge is -2.41. The maximum atomic E-state index is 12.5. The molecule has 6 heteroatoms. The second-order valence-corrected chi connectivity index (χ2v) is 7.86. The predicted octanol–water partition coefficient (Wildman–Crippen LogP) is 2.24. The Morgan fingerprint density at radius 1 is 1.23 bits per heavy atom. The minimum Gasteiger partial charge on any atom is -0.379 e. The van der Waals surface area contributed by atoms with Crippen LogP contribution in [0, 0.1) is 19.8 Å². The van der Waals surface area contributed by atoms with Crippen molar-refractivity contribution in [2.45, 2.75) is 59.0 Å². The molecule has 26 heavy (non-hydrogen) atoms. The number of piperidine rings is 1. The maximum absolute atomic E-state index is 12.5. The lowest BCUT2D eigenvalue weighted by molar-refractivity contribution is -0.133. The molecule has 0 spiro atoms. The molecule has 1 aromatic rings. The van der Waals surface area contributed by atoms with E-state index < -0.39 is 0 Å². The molecule has 1 atom stereocenters. The van der Waals surface area contributed by atoms with Gasteiger partial charge in [-0.3, -0.25) is 14.4 Å². The Morgan fingerprint density at radius 3 is 2.54 bits per heavy atom. The zero-order chi connectivity index (χ0) is 18.5. The molecule has 1 unspecified atom stereocenters. The van der Waals surface area contributed by atoms with Crippen LogP contribution in [0.3, 0.4) is 0 Å². The molecule has 2 saturated heterocycles. The van der Waals surface area contributed by atoms with Gasteiger partial charge in [-0.25, -0.2) is 0 Å². The Bertz CT molecular complexity index is 587. The number of hydrogen-bond acceptors (Lipinski definition) is 4. The lowest BCUT2D eigenvalue weighted by atomic mass is 9.89. The van der Waals surface area contributed by atoms with E-state index in [4.69, 9.17) is 4.74 Å². The summed E-state index contributed by atoms with van der Waals surface area (Å²) in [5.74, 6) is 1.01. The first-order valence-electron chi connectivity index (χ1n) is 10.1. The number of carbonyl (C=O) groups is 1. The average Bonchev–Trinajstić information content (AvgIpc) is 2.99. The smallest absolute Gasteiger partial charge is 0.222 e. The SMILES string of the molecule is Cc1cc(C)n(CCCC(=O)N2CCC(C(C)N3CCOCC3)CC2)n1.